The van der Waals surface area contributed by atoms with Gasteiger partial charge in [0.05, 0.1) is 13.2 Å². The van der Waals surface area contributed by atoms with E-state index in [0.29, 0.717) is 31.0 Å². The summed E-state index contributed by atoms with van der Waals surface area (Å²) < 4.78 is 12.0. The third kappa shape index (κ3) is 3.60. The highest BCUT2D eigenvalue weighted by atomic mass is 16.5. The summed E-state index contributed by atoms with van der Waals surface area (Å²) in [6.45, 7) is 5.34. The number of benzene rings is 2. The number of hydrogen-bond donors (Lipinski definition) is 2. The third-order valence-electron chi connectivity index (χ3n) is 6.65. The molecule has 0 unspecified atom stereocenters. The molecule has 29 heavy (non-hydrogen) atoms. The van der Waals surface area contributed by atoms with E-state index in [1.165, 1.54) is 11.1 Å². The Kier molecular flexibility index (Phi) is 4.92. The molecule has 0 spiro atoms. The smallest absolute Gasteiger partial charge is 0.252 e. The summed E-state index contributed by atoms with van der Waals surface area (Å²) in [5.41, 5.74) is 4.52. The van der Waals surface area contributed by atoms with Gasteiger partial charge in [-0.15, -0.1) is 0 Å². The van der Waals surface area contributed by atoms with Crippen LogP contribution in [-0.4, -0.2) is 31.7 Å². The van der Waals surface area contributed by atoms with Crippen molar-refractivity contribution in [3.05, 3.63) is 58.7 Å². The Hall–Kier alpha value is -2.53. The molecule has 5 heteroatoms. The van der Waals surface area contributed by atoms with Crippen molar-refractivity contribution in [1.82, 2.24) is 10.6 Å². The zero-order valence-corrected chi connectivity index (χ0v) is 16.9. The van der Waals surface area contributed by atoms with Gasteiger partial charge in [0, 0.05) is 24.1 Å². The van der Waals surface area contributed by atoms with Crippen LogP contribution in [0.25, 0.3) is 0 Å². The van der Waals surface area contributed by atoms with Crippen molar-refractivity contribution < 1.29 is 14.3 Å². The van der Waals surface area contributed by atoms with Crippen molar-refractivity contribution in [2.75, 3.05) is 19.8 Å². The Balaban J connectivity index is 1.34. The first-order valence-electron chi connectivity index (χ1n) is 10.7. The highest BCUT2D eigenvalue weighted by Gasteiger charge is 2.33. The quantitative estimate of drug-likeness (QED) is 0.837. The van der Waals surface area contributed by atoms with E-state index in [9.17, 15) is 4.79 Å². The molecule has 0 aromatic heterocycles. The van der Waals surface area contributed by atoms with Gasteiger partial charge in [0.15, 0.2) is 0 Å². The Bertz CT molecular complexity index is 926. The summed E-state index contributed by atoms with van der Waals surface area (Å²) in [7, 11) is 0. The van der Waals surface area contributed by atoms with Crippen LogP contribution < -0.4 is 20.1 Å². The van der Waals surface area contributed by atoms with Gasteiger partial charge in [-0.2, -0.15) is 0 Å². The van der Waals surface area contributed by atoms with Crippen molar-refractivity contribution in [2.24, 2.45) is 5.92 Å². The van der Waals surface area contributed by atoms with Gasteiger partial charge in [-0.3, -0.25) is 4.79 Å². The van der Waals surface area contributed by atoms with Crippen LogP contribution in [0, 0.1) is 5.92 Å². The summed E-state index contributed by atoms with van der Waals surface area (Å²) in [5.74, 6) is 2.64. The fourth-order valence-corrected chi connectivity index (χ4v) is 4.94. The van der Waals surface area contributed by atoms with Crippen LogP contribution in [0.1, 0.15) is 52.7 Å². The first kappa shape index (κ1) is 18.5. The van der Waals surface area contributed by atoms with Gasteiger partial charge in [0.2, 0.25) is 0 Å². The number of fused-ring (bicyclic) bond motifs is 2. The van der Waals surface area contributed by atoms with E-state index in [1.54, 1.807) is 0 Å². The molecule has 152 valence electrons. The lowest BCUT2D eigenvalue weighted by molar-refractivity contribution is 0.0965. The van der Waals surface area contributed by atoms with Gasteiger partial charge >= 0.3 is 0 Å². The molecule has 5 nitrogen and oxygen atoms in total. The van der Waals surface area contributed by atoms with E-state index in [1.807, 2.05) is 18.2 Å². The Labute approximate surface area is 171 Å². The zero-order chi connectivity index (χ0) is 19.8. The molecule has 3 atom stereocenters. The molecule has 2 N–H and O–H groups in total. The molecule has 1 saturated heterocycles. The lowest BCUT2D eigenvalue weighted by atomic mass is 9.77. The number of hydrogen-bond acceptors (Lipinski definition) is 4. The van der Waals surface area contributed by atoms with Gasteiger partial charge in [0.1, 0.15) is 11.5 Å². The van der Waals surface area contributed by atoms with E-state index in [2.05, 4.69) is 35.8 Å². The molecular formula is C24H28N2O3. The molecule has 0 bridgehead atoms. The second kappa shape index (κ2) is 7.71. The van der Waals surface area contributed by atoms with Gasteiger partial charge in [0.25, 0.3) is 5.91 Å². The van der Waals surface area contributed by atoms with Gasteiger partial charge in [-0.05, 0) is 73.5 Å². The SMILES string of the molecule is C[C@H]1NCC[C@@H](c2ccc3c(c2)CCCO3)[C@@H]1COc1ccc2c(c1)C(=O)NC2. The van der Waals surface area contributed by atoms with Crippen molar-refractivity contribution in [3.8, 4) is 11.5 Å². The maximum Gasteiger partial charge on any atom is 0.252 e. The number of piperidine rings is 1. The van der Waals surface area contributed by atoms with Crippen molar-refractivity contribution in [1.29, 1.82) is 0 Å². The number of aryl methyl sites for hydroxylation is 1. The number of carbonyl (C=O) groups is 1. The lowest BCUT2D eigenvalue weighted by Gasteiger charge is -2.38. The largest absolute Gasteiger partial charge is 0.493 e. The number of nitrogens with one attached hydrogen (secondary N) is 2. The molecule has 3 heterocycles. The van der Waals surface area contributed by atoms with Crippen LogP contribution in [0.3, 0.4) is 0 Å². The second-order valence-electron chi connectivity index (χ2n) is 8.43. The monoisotopic (exact) mass is 392 g/mol. The Morgan fingerprint density at radius 1 is 1.17 bits per heavy atom. The van der Waals surface area contributed by atoms with Gasteiger partial charge in [-0.25, -0.2) is 0 Å². The summed E-state index contributed by atoms with van der Waals surface area (Å²) in [6.07, 6.45) is 3.30. The number of ether oxygens (including phenoxy) is 2. The Morgan fingerprint density at radius 2 is 2.10 bits per heavy atom. The van der Waals surface area contributed by atoms with Crippen LogP contribution in [0.15, 0.2) is 36.4 Å². The molecule has 0 radical (unpaired) electrons. The first-order chi connectivity index (χ1) is 14.2. The summed E-state index contributed by atoms with van der Waals surface area (Å²) in [4.78, 5) is 11.9. The maximum atomic E-state index is 11.9. The molecule has 1 amide bonds. The van der Waals surface area contributed by atoms with Crippen molar-refractivity contribution >= 4 is 5.91 Å². The van der Waals surface area contributed by atoms with Crippen LogP contribution in [0.2, 0.25) is 0 Å². The van der Waals surface area contributed by atoms with E-state index < -0.39 is 0 Å². The van der Waals surface area contributed by atoms with E-state index >= 15 is 0 Å². The fourth-order valence-electron chi connectivity index (χ4n) is 4.94. The van der Waals surface area contributed by atoms with Crippen LogP contribution >= 0.6 is 0 Å². The minimum absolute atomic E-state index is 0.00712. The average Bonchev–Trinajstić information content (AvgIpc) is 3.12. The minimum atomic E-state index is -0.00712. The number of rotatable bonds is 4. The van der Waals surface area contributed by atoms with E-state index in [-0.39, 0.29) is 5.91 Å². The van der Waals surface area contributed by atoms with Gasteiger partial charge < -0.3 is 20.1 Å². The summed E-state index contributed by atoms with van der Waals surface area (Å²) in [6, 6.07) is 13.0. The molecule has 5 rings (SSSR count). The predicted molar refractivity (Wildman–Crippen MR) is 112 cm³/mol. The fraction of sp³-hybridized carbons (Fsp3) is 0.458. The molecule has 3 aliphatic heterocycles. The summed E-state index contributed by atoms with van der Waals surface area (Å²) >= 11 is 0. The predicted octanol–water partition coefficient (Wildman–Crippen LogP) is 3.42. The van der Waals surface area contributed by atoms with Crippen LogP contribution in [0.4, 0.5) is 0 Å². The van der Waals surface area contributed by atoms with Crippen molar-refractivity contribution in [3.63, 3.8) is 0 Å². The third-order valence-corrected chi connectivity index (χ3v) is 6.65. The molecule has 1 fully saturated rings. The van der Waals surface area contributed by atoms with Gasteiger partial charge in [-0.1, -0.05) is 18.2 Å². The number of carbonyl (C=O) groups excluding carboxylic acids is 1. The van der Waals surface area contributed by atoms with Crippen LogP contribution in [0.5, 0.6) is 11.5 Å². The first-order valence-corrected chi connectivity index (χ1v) is 10.7. The van der Waals surface area contributed by atoms with E-state index in [4.69, 9.17) is 9.47 Å². The maximum absolute atomic E-state index is 11.9. The Morgan fingerprint density at radius 3 is 3.03 bits per heavy atom. The molecule has 3 aliphatic rings. The second-order valence-corrected chi connectivity index (χ2v) is 8.43. The summed E-state index contributed by atoms with van der Waals surface area (Å²) in [5, 5.41) is 6.47. The molecular weight excluding hydrogens is 364 g/mol. The van der Waals surface area contributed by atoms with Crippen LogP contribution in [-0.2, 0) is 13.0 Å². The molecule has 2 aromatic rings. The highest BCUT2D eigenvalue weighted by molar-refractivity contribution is 5.98. The topological polar surface area (TPSA) is 59.6 Å². The normalized spacial score (nSPS) is 25.6. The molecule has 0 aliphatic carbocycles. The molecule has 0 saturated carbocycles. The lowest BCUT2D eigenvalue weighted by Crippen LogP contribution is -2.45. The van der Waals surface area contributed by atoms with Crippen molar-refractivity contribution in [2.45, 2.75) is 44.7 Å². The highest BCUT2D eigenvalue weighted by Crippen LogP contribution is 2.37. The number of amides is 1. The standard InChI is InChI=1S/C24H28N2O3/c1-15-22(14-29-19-6-4-18-13-26-24(27)21(18)12-19)20(8-9-25-15)16-5-7-23-17(11-16)3-2-10-28-23/h4-7,11-12,15,20,22,25H,2-3,8-10,13-14H2,1H3,(H,26,27)/t15-,20+,22-/m1/s1. The minimum Gasteiger partial charge on any atom is -0.493 e. The zero-order valence-electron chi connectivity index (χ0n) is 16.9. The van der Waals surface area contributed by atoms with E-state index in [0.717, 1.165) is 55.0 Å². The molecule has 2 aromatic carbocycles. The average molecular weight is 392 g/mol.